The van der Waals surface area contributed by atoms with Crippen LogP contribution < -0.4 is 24.5 Å². The molecule has 1 saturated heterocycles. The number of methoxy groups -OCH3 is 1. The third-order valence-corrected chi connectivity index (χ3v) is 7.11. The lowest BCUT2D eigenvalue weighted by Gasteiger charge is -2.26. The molecule has 192 valence electrons. The van der Waals surface area contributed by atoms with E-state index in [0.717, 1.165) is 39.3 Å². The molecule has 0 radical (unpaired) electrons. The van der Waals surface area contributed by atoms with E-state index in [1.165, 1.54) is 7.11 Å². The second-order valence-electron chi connectivity index (χ2n) is 9.22. The van der Waals surface area contributed by atoms with Crippen LogP contribution in [0.5, 0.6) is 23.0 Å². The van der Waals surface area contributed by atoms with Gasteiger partial charge in [-0.05, 0) is 30.7 Å². The number of ketones is 1. The molecule has 1 fully saturated rings. The quantitative estimate of drug-likeness (QED) is 0.338. The van der Waals surface area contributed by atoms with E-state index >= 15 is 0 Å². The van der Waals surface area contributed by atoms with Gasteiger partial charge in [0.25, 0.3) is 5.56 Å². The summed E-state index contributed by atoms with van der Waals surface area (Å²) in [6.07, 6.45) is 2.38. The molecular formula is C28H28N2O7. The average molecular weight is 505 g/mol. The summed E-state index contributed by atoms with van der Waals surface area (Å²) in [6, 6.07) is 6.91. The van der Waals surface area contributed by atoms with Crippen molar-refractivity contribution >= 4 is 16.6 Å². The highest BCUT2D eigenvalue weighted by Crippen LogP contribution is 2.47. The Labute approximate surface area is 213 Å². The first-order chi connectivity index (χ1) is 18.1. The molecule has 6 rings (SSSR count). The highest BCUT2D eigenvalue weighted by molar-refractivity contribution is 6.27. The van der Waals surface area contributed by atoms with E-state index in [2.05, 4.69) is 11.5 Å². The number of nitrogens with zero attached hydrogens (tertiary/aromatic N) is 2. The molecule has 37 heavy (non-hydrogen) atoms. The molecule has 0 amide bonds. The number of pyridine rings is 1. The standard InChI is InChI=1S/C28H28N2O7/c1-3-9-35-22-12-17-20(15-21(22)33-2)28(32)30(6-4-5-29-7-10-34-11-8-29)26-18-13-23-24(37-16-36-23)14-19(18)27(31)25(17)26/h3,12-15H,1,4-11,16H2,2H3. The SMILES string of the molecule is C=CCOc1cc2c3c(n(CCCN4CCOCC4)c(=O)c2cc1OC)-c1cc2c(cc1C3=O)OCO2. The zero-order chi connectivity index (χ0) is 25.5. The van der Waals surface area contributed by atoms with Crippen LogP contribution in [-0.2, 0) is 11.3 Å². The molecule has 2 aliphatic heterocycles. The van der Waals surface area contributed by atoms with Crippen molar-refractivity contribution in [1.82, 2.24) is 9.47 Å². The molecule has 3 aliphatic rings. The van der Waals surface area contributed by atoms with Crippen molar-refractivity contribution in [3.05, 3.63) is 58.4 Å². The number of morpholine rings is 1. The second-order valence-corrected chi connectivity index (χ2v) is 9.22. The van der Waals surface area contributed by atoms with Gasteiger partial charge in [-0.25, -0.2) is 0 Å². The van der Waals surface area contributed by atoms with Gasteiger partial charge < -0.3 is 28.3 Å². The Bertz CT molecular complexity index is 1470. The van der Waals surface area contributed by atoms with Crippen molar-refractivity contribution < 1.29 is 28.5 Å². The van der Waals surface area contributed by atoms with E-state index < -0.39 is 0 Å². The summed E-state index contributed by atoms with van der Waals surface area (Å²) in [5.74, 6) is 1.81. The largest absolute Gasteiger partial charge is 0.493 e. The Morgan fingerprint density at radius 3 is 2.43 bits per heavy atom. The summed E-state index contributed by atoms with van der Waals surface area (Å²) in [7, 11) is 1.53. The number of aromatic nitrogens is 1. The molecule has 9 nitrogen and oxygen atoms in total. The second kappa shape index (κ2) is 9.57. The Balaban J connectivity index is 1.52. The molecule has 0 atom stereocenters. The first kappa shape index (κ1) is 23.6. The number of rotatable bonds is 8. The number of fused-ring (bicyclic) bond motifs is 6. The molecule has 0 N–H and O–H groups in total. The van der Waals surface area contributed by atoms with Gasteiger partial charge in [-0.15, -0.1) is 0 Å². The summed E-state index contributed by atoms with van der Waals surface area (Å²) in [5, 5.41) is 0.946. The summed E-state index contributed by atoms with van der Waals surface area (Å²) < 4.78 is 29.6. The zero-order valence-corrected chi connectivity index (χ0v) is 20.7. The average Bonchev–Trinajstić information content (AvgIpc) is 3.50. The van der Waals surface area contributed by atoms with E-state index in [1.807, 2.05) is 6.07 Å². The Morgan fingerprint density at radius 2 is 1.70 bits per heavy atom. The molecule has 1 aromatic heterocycles. The third kappa shape index (κ3) is 3.95. The number of hydrogen-bond acceptors (Lipinski definition) is 8. The van der Waals surface area contributed by atoms with Gasteiger partial charge in [-0.1, -0.05) is 12.7 Å². The summed E-state index contributed by atoms with van der Waals surface area (Å²) in [5.41, 5.74) is 2.09. The molecular weight excluding hydrogens is 476 g/mol. The van der Waals surface area contributed by atoms with E-state index in [1.54, 1.807) is 28.8 Å². The lowest BCUT2D eigenvalue weighted by Crippen LogP contribution is -2.37. The van der Waals surface area contributed by atoms with Gasteiger partial charge >= 0.3 is 0 Å². The fourth-order valence-electron chi connectivity index (χ4n) is 5.34. The maximum Gasteiger partial charge on any atom is 0.259 e. The van der Waals surface area contributed by atoms with Gasteiger partial charge in [0.15, 0.2) is 28.8 Å². The fourth-order valence-corrected chi connectivity index (χ4v) is 5.34. The number of carbonyl (C=O) groups excluding carboxylic acids is 1. The van der Waals surface area contributed by atoms with Crippen LogP contribution in [0.2, 0.25) is 0 Å². The van der Waals surface area contributed by atoms with Crippen LogP contribution in [0, 0.1) is 0 Å². The Kier molecular flexibility index (Phi) is 6.10. The maximum absolute atomic E-state index is 14.0. The van der Waals surface area contributed by atoms with E-state index in [-0.39, 0.29) is 24.7 Å². The van der Waals surface area contributed by atoms with E-state index in [0.29, 0.717) is 62.7 Å². The van der Waals surface area contributed by atoms with Crippen LogP contribution in [0.15, 0.2) is 41.7 Å². The minimum atomic E-state index is -0.178. The van der Waals surface area contributed by atoms with Crippen molar-refractivity contribution in [2.45, 2.75) is 13.0 Å². The molecule has 3 aromatic rings. The molecule has 2 aromatic carbocycles. The molecule has 3 heterocycles. The molecule has 0 spiro atoms. The molecule has 0 unspecified atom stereocenters. The fraction of sp³-hybridized carbons (Fsp3) is 0.357. The van der Waals surface area contributed by atoms with E-state index in [4.69, 9.17) is 23.7 Å². The number of hydrogen-bond donors (Lipinski definition) is 0. The molecule has 0 saturated carbocycles. The Morgan fingerprint density at radius 1 is 0.973 bits per heavy atom. The van der Waals surface area contributed by atoms with Crippen molar-refractivity contribution in [2.24, 2.45) is 0 Å². The van der Waals surface area contributed by atoms with Crippen LogP contribution in [0.25, 0.3) is 22.0 Å². The summed E-state index contributed by atoms with van der Waals surface area (Å²) in [6.45, 7) is 8.56. The third-order valence-electron chi connectivity index (χ3n) is 7.11. The summed E-state index contributed by atoms with van der Waals surface area (Å²) in [4.78, 5) is 30.1. The van der Waals surface area contributed by atoms with Crippen LogP contribution in [0.1, 0.15) is 22.3 Å². The topological polar surface area (TPSA) is 88.5 Å². The minimum absolute atomic E-state index is 0.104. The van der Waals surface area contributed by atoms with Crippen LogP contribution in [0.3, 0.4) is 0 Å². The number of carbonyl (C=O) groups is 1. The Hall–Kier alpha value is -3.82. The first-order valence-corrected chi connectivity index (χ1v) is 12.4. The van der Waals surface area contributed by atoms with Crippen LogP contribution >= 0.6 is 0 Å². The van der Waals surface area contributed by atoms with Crippen molar-refractivity contribution in [1.29, 1.82) is 0 Å². The lowest BCUT2D eigenvalue weighted by molar-refractivity contribution is 0.0369. The van der Waals surface area contributed by atoms with Crippen LogP contribution in [0.4, 0.5) is 0 Å². The van der Waals surface area contributed by atoms with Crippen molar-refractivity contribution in [3.8, 4) is 34.3 Å². The summed E-state index contributed by atoms with van der Waals surface area (Å²) >= 11 is 0. The smallest absolute Gasteiger partial charge is 0.259 e. The van der Waals surface area contributed by atoms with Gasteiger partial charge in [0.2, 0.25) is 6.79 Å². The number of benzene rings is 2. The van der Waals surface area contributed by atoms with Gasteiger partial charge in [0.05, 0.1) is 37.0 Å². The molecule has 0 bridgehead atoms. The maximum atomic E-state index is 14.0. The highest BCUT2D eigenvalue weighted by Gasteiger charge is 2.35. The van der Waals surface area contributed by atoms with Gasteiger partial charge in [0, 0.05) is 42.7 Å². The van der Waals surface area contributed by atoms with Crippen molar-refractivity contribution in [2.75, 3.05) is 53.4 Å². The predicted octanol–water partition coefficient (Wildman–Crippen LogP) is 3.24. The normalized spacial score (nSPS) is 16.1. The lowest BCUT2D eigenvalue weighted by atomic mass is 10.0. The highest BCUT2D eigenvalue weighted by atomic mass is 16.7. The zero-order valence-electron chi connectivity index (χ0n) is 20.7. The molecule has 1 aliphatic carbocycles. The van der Waals surface area contributed by atoms with Gasteiger partial charge in [0.1, 0.15) is 6.61 Å². The molecule has 9 heteroatoms. The number of ether oxygens (including phenoxy) is 5. The van der Waals surface area contributed by atoms with Gasteiger partial charge in [-0.3, -0.25) is 14.5 Å². The van der Waals surface area contributed by atoms with E-state index in [9.17, 15) is 9.59 Å². The predicted molar refractivity (Wildman–Crippen MR) is 137 cm³/mol. The van der Waals surface area contributed by atoms with Crippen molar-refractivity contribution in [3.63, 3.8) is 0 Å². The first-order valence-electron chi connectivity index (χ1n) is 12.4. The van der Waals surface area contributed by atoms with Crippen LogP contribution in [-0.4, -0.2) is 68.6 Å². The minimum Gasteiger partial charge on any atom is -0.493 e. The monoisotopic (exact) mass is 504 g/mol. The van der Waals surface area contributed by atoms with Gasteiger partial charge in [-0.2, -0.15) is 0 Å².